The molecular weight excluding hydrogens is 228 g/mol. The van der Waals surface area contributed by atoms with Crippen LogP contribution in [-0.4, -0.2) is 26.8 Å². The number of rotatable bonds is 4. The molecule has 1 aromatic carbocycles. The summed E-state index contributed by atoms with van der Waals surface area (Å²) >= 11 is 0. The first-order valence-corrected chi connectivity index (χ1v) is 5.06. The first-order valence-electron chi connectivity index (χ1n) is 5.06. The van der Waals surface area contributed by atoms with E-state index in [4.69, 9.17) is 0 Å². The smallest absolute Gasteiger partial charge is 0.242 e. The van der Waals surface area contributed by atoms with Crippen LogP contribution in [0.1, 0.15) is 5.56 Å². The number of anilines is 1. The summed E-state index contributed by atoms with van der Waals surface area (Å²) in [4.78, 5) is 0. The fourth-order valence-corrected chi connectivity index (χ4v) is 1.45. The summed E-state index contributed by atoms with van der Waals surface area (Å²) in [6, 6.07) is 3.46. The Balaban J connectivity index is 1.92. The summed E-state index contributed by atoms with van der Waals surface area (Å²) in [6.45, 7) is 0.497. The van der Waals surface area contributed by atoms with Gasteiger partial charge in [-0.05, 0) is 34.5 Å². The van der Waals surface area contributed by atoms with Gasteiger partial charge in [-0.25, -0.2) is 13.5 Å². The van der Waals surface area contributed by atoms with Crippen molar-refractivity contribution in [1.29, 1.82) is 0 Å². The summed E-state index contributed by atoms with van der Waals surface area (Å²) < 4.78 is 27.3. The third-order valence-corrected chi connectivity index (χ3v) is 2.24. The first kappa shape index (κ1) is 11.4. The topological polar surface area (TPSA) is 55.6 Å². The third-order valence-electron chi connectivity index (χ3n) is 2.24. The van der Waals surface area contributed by atoms with Crippen molar-refractivity contribution in [3.8, 4) is 0 Å². The van der Waals surface area contributed by atoms with Crippen LogP contribution in [0.3, 0.4) is 0 Å². The molecule has 0 aliphatic heterocycles. The minimum atomic E-state index is -0.569. The van der Waals surface area contributed by atoms with Gasteiger partial charge in [-0.15, -0.1) is 0 Å². The Kier molecular flexibility index (Phi) is 3.27. The van der Waals surface area contributed by atoms with Crippen molar-refractivity contribution in [2.24, 2.45) is 7.05 Å². The Morgan fingerprint density at radius 1 is 1.24 bits per heavy atom. The lowest BCUT2D eigenvalue weighted by Gasteiger charge is -2.04. The van der Waals surface area contributed by atoms with Gasteiger partial charge in [-0.1, -0.05) is 5.10 Å². The number of tetrazole rings is 1. The highest BCUT2D eigenvalue weighted by atomic mass is 19.1. The van der Waals surface area contributed by atoms with E-state index >= 15 is 0 Å². The van der Waals surface area contributed by atoms with E-state index in [2.05, 4.69) is 20.8 Å². The largest absolute Gasteiger partial charge is 0.353 e. The van der Waals surface area contributed by atoms with Gasteiger partial charge in [0, 0.05) is 19.7 Å². The van der Waals surface area contributed by atoms with Gasteiger partial charge < -0.3 is 5.32 Å². The molecule has 0 atom stereocenters. The summed E-state index contributed by atoms with van der Waals surface area (Å²) in [5, 5.41) is 13.8. The van der Waals surface area contributed by atoms with Crippen LogP contribution in [0, 0.1) is 11.6 Å². The molecule has 17 heavy (non-hydrogen) atoms. The molecule has 1 N–H and O–H groups in total. The average Bonchev–Trinajstić information content (AvgIpc) is 2.63. The van der Waals surface area contributed by atoms with Gasteiger partial charge in [0.15, 0.2) is 0 Å². The molecule has 0 spiro atoms. The predicted molar refractivity (Wildman–Crippen MR) is 57.3 cm³/mol. The molecule has 0 amide bonds. The lowest BCUT2D eigenvalue weighted by Crippen LogP contribution is -2.09. The summed E-state index contributed by atoms with van der Waals surface area (Å²) in [7, 11) is 1.70. The Hall–Kier alpha value is -2.05. The second kappa shape index (κ2) is 4.86. The molecule has 7 heteroatoms. The van der Waals surface area contributed by atoms with Crippen molar-refractivity contribution >= 4 is 5.95 Å². The van der Waals surface area contributed by atoms with Gasteiger partial charge in [0.25, 0.3) is 0 Å². The monoisotopic (exact) mass is 239 g/mol. The van der Waals surface area contributed by atoms with Gasteiger partial charge in [0.1, 0.15) is 11.6 Å². The Bertz CT molecular complexity index is 491. The first-order chi connectivity index (χ1) is 8.15. The summed E-state index contributed by atoms with van der Waals surface area (Å²) in [5.41, 5.74) is 0.588. The maximum atomic E-state index is 12.9. The van der Waals surface area contributed by atoms with Gasteiger partial charge in [-0.3, -0.25) is 0 Å². The van der Waals surface area contributed by atoms with E-state index in [9.17, 15) is 8.78 Å². The van der Waals surface area contributed by atoms with Crippen LogP contribution in [0.25, 0.3) is 0 Å². The fourth-order valence-electron chi connectivity index (χ4n) is 1.45. The van der Waals surface area contributed by atoms with E-state index < -0.39 is 11.6 Å². The molecule has 0 fully saturated rings. The minimum absolute atomic E-state index is 0.488. The van der Waals surface area contributed by atoms with Crippen LogP contribution in [0.15, 0.2) is 18.2 Å². The minimum Gasteiger partial charge on any atom is -0.353 e. The quantitative estimate of drug-likeness (QED) is 0.869. The molecule has 1 heterocycles. The zero-order chi connectivity index (χ0) is 12.3. The number of nitrogens with zero attached hydrogens (tertiary/aromatic N) is 4. The van der Waals surface area contributed by atoms with Crippen LogP contribution >= 0.6 is 0 Å². The molecule has 0 saturated heterocycles. The van der Waals surface area contributed by atoms with E-state index in [1.54, 1.807) is 7.05 Å². The maximum Gasteiger partial charge on any atom is 0.242 e. The number of hydrogen-bond acceptors (Lipinski definition) is 4. The van der Waals surface area contributed by atoms with Crippen molar-refractivity contribution in [2.45, 2.75) is 6.42 Å². The highest BCUT2D eigenvalue weighted by Crippen LogP contribution is 2.08. The molecule has 0 unspecified atom stereocenters. The van der Waals surface area contributed by atoms with Gasteiger partial charge in [0.2, 0.25) is 5.95 Å². The average molecular weight is 239 g/mol. The Morgan fingerprint density at radius 3 is 2.53 bits per heavy atom. The maximum absolute atomic E-state index is 12.9. The van der Waals surface area contributed by atoms with Crippen LogP contribution in [-0.2, 0) is 13.5 Å². The summed E-state index contributed by atoms with van der Waals surface area (Å²) in [6.07, 6.45) is 0.488. The van der Waals surface area contributed by atoms with Crippen LogP contribution in [0.4, 0.5) is 14.7 Å². The Morgan fingerprint density at radius 2 is 1.94 bits per heavy atom. The van der Waals surface area contributed by atoms with E-state index in [1.807, 2.05) is 0 Å². The van der Waals surface area contributed by atoms with E-state index in [1.165, 1.54) is 16.8 Å². The third kappa shape index (κ3) is 2.96. The number of aromatic nitrogens is 4. The number of benzene rings is 1. The molecule has 5 nitrogen and oxygen atoms in total. The molecule has 90 valence electrons. The van der Waals surface area contributed by atoms with Gasteiger partial charge in [-0.2, -0.15) is 0 Å². The van der Waals surface area contributed by atoms with Crippen molar-refractivity contribution in [3.63, 3.8) is 0 Å². The van der Waals surface area contributed by atoms with E-state index in [0.717, 1.165) is 6.07 Å². The predicted octanol–water partition coefficient (Wildman–Crippen LogP) is 1.14. The molecular formula is C10H11F2N5. The highest BCUT2D eigenvalue weighted by Gasteiger charge is 2.03. The molecule has 1 aromatic heterocycles. The summed E-state index contributed by atoms with van der Waals surface area (Å²) in [5.74, 6) is -0.623. The number of hydrogen-bond donors (Lipinski definition) is 1. The Labute approximate surface area is 96.4 Å². The number of aryl methyl sites for hydroxylation is 1. The molecule has 2 aromatic rings. The SMILES string of the molecule is Cn1nnnc1NCCc1cc(F)cc(F)c1. The van der Waals surface area contributed by atoms with E-state index in [0.29, 0.717) is 24.5 Å². The second-order valence-electron chi connectivity index (χ2n) is 3.58. The zero-order valence-corrected chi connectivity index (χ0v) is 9.19. The van der Waals surface area contributed by atoms with Crippen LogP contribution in [0.2, 0.25) is 0 Å². The second-order valence-corrected chi connectivity index (χ2v) is 3.58. The lowest BCUT2D eigenvalue weighted by atomic mass is 10.1. The molecule has 2 rings (SSSR count). The zero-order valence-electron chi connectivity index (χ0n) is 9.19. The van der Waals surface area contributed by atoms with Crippen molar-refractivity contribution in [2.75, 3.05) is 11.9 Å². The van der Waals surface area contributed by atoms with Gasteiger partial charge >= 0.3 is 0 Å². The van der Waals surface area contributed by atoms with Gasteiger partial charge in [0.05, 0.1) is 0 Å². The van der Waals surface area contributed by atoms with Crippen LogP contribution in [0.5, 0.6) is 0 Å². The van der Waals surface area contributed by atoms with E-state index in [-0.39, 0.29) is 0 Å². The molecule has 0 bridgehead atoms. The van der Waals surface area contributed by atoms with Crippen LogP contribution < -0.4 is 5.32 Å². The molecule has 0 aliphatic rings. The lowest BCUT2D eigenvalue weighted by molar-refractivity contribution is 0.580. The molecule has 0 aliphatic carbocycles. The van der Waals surface area contributed by atoms with Crippen molar-refractivity contribution in [3.05, 3.63) is 35.4 Å². The highest BCUT2D eigenvalue weighted by molar-refractivity contribution is 5.23. The van der Waals surface area contributed by atoms with Crippen molar-refractivity contribution < 1.29 is 8.78 Å². The molecule has 0 radical (unpaired) electrons. The standard InChI is InChI=1S/C10H11F2N5/c1-17-10(14-15-16-17)13-3-2-7-4-8(11)6-9(12)5-7/h4-6H,2-3H2,1H3,(H,13,14,16). The normalized spacial score (nSPS) is 10.5. The fraction of sp³-hybridized carbons (Fsp3) is 0.300. The number of nitrogens with one attached hydrogen (secondary N) is 1. The van der Waals surface area contributed by atoms with Crippen molar-refractivity contribution in [1.82, 2.24) is 20.2 Å². The number of halogens is 2. The molecule has 0 saturated carbocycles.